The molecule has 4 rings (SSSR count). The molecule has 2 aromatic heterocycles. The van der Waals surface area contributed by atoms with Gasteiger partial charge in [0.25, 0.3) is 0 Å². The van der Waals surface area contributed by atoms with E-state index in [1.165, 1.54) is 5.56 Å². The second-order valence-corrected chi connectivity index (χ2v) is 7.56. The molecule has 0 unspecified atom stereocenters. The minimum Gasteiger partial charge on any atom is -0.363 e. The quantitative estimate of drug-likeness (QED) is 0.468. The van der Waals surface area contributed by atoms with Gasteiger partial charge in [0.1, 0.15) is 5.82 Å². The Kier molecular flexibility index (Phi) is 4.86. The molecule has 4 heteroatoms. The van der Waals surface area contributed by atoms with Crippen LogP contribution in [0, 0.1) is 6.92 Å². The maximum Gasteiger partial charge on any atom is 0.165 e. The summed E-state index contributed by atoms with van der Waals surface area (Å²) in [5.41, 5.74) is 6.43. The van der Waals surface area contributed by atoms with E-state index >= 15 is 0 Å². The Morgan fingerprint density at radius 2 is 1.54 bits per heavy atom. The van der Waals surface area contributed by atoms with E-state index in [2.05, 4.69) is 87.6 Å². The van der Waals surface area contributed by atoms with E-state index in [0.29, 0.717) is 5.92 Å². The Labute approximate surface area is 166 Å². The van der Waals surface area contributed by atoms with Gasteiger partial charge in [-0.25, -0.2) is 4.98 Å². The zero-order chi connectivity index (χ0) is 19.7. The first kappa shape index (κ1) is 18.2. The lowest BCUT2D eigenvalue weighted by Gasteiger charge is -2.18. The highest BCUT2D eigenvalue weighted by Gasteiger charge is 2.18. The van der Waals surface area contributed by atoms with Crippen LogP contribution < -0.4 is 5.32 Å². The first-order chi connectivity index (χ1) is 13.5. The van der Waals surface area contributed by atoms with Crippen molar-refractivity contribution in [3.63, 3.8) is 0 Å². The second-order valence-electron chi connectivity index (χ2n) is 7.56. The number of benzene rings is 2. The molecule has 0 saturated heterocycles. The van der Waals surface area contributed by atoms with Gasteiger partial charge in [-0.3, -0.25) is 0 Å². The number of fused-ring (bicyclic) bond motifs is 1. The van der Waals surface area contributed by atoms with Crippen LogP contribution in [0.1, 0.15) is 49.7 Å². The molecule has 0 amide bonds. The Bertz CT molecular complexity index is 1080. The van der Waals surface area contributed by atoms with E-state index < -0.39 is 0 Å². The third kappa shape index (κ3) is 3.38. The molecule has 0 aliphatic carbocycles. The summed E-state index contributed by atoms with van der Waals surface area (Å²) in [5.74, 6) is 1.30. The van der Waals surface area contributed by atoms with Crippen molar-refractivity contribution in [2.75, 3.05) is 5.32 Å². The Hall–Kier alpha value is -3.14. The molecule has 0 aliphatic heterocycles. The predicted molar refractivity (Wildman–Crippen MR) is 116 cm³/mol. The fourth-order valence-electron chi connectivity index (χ4n) is 3.53. The van der Waals surface area contributed by atoms with Crippen LogP contribution in [0.25, 0.3) is 16.8 Å². The maximum atomic E-state index is 4.97. The lowest BCUT2D eigenvalue weighted by atomic mass is 10.1. The smallest absolute Gasteiger partial charge is 0.165 e. The molecule has 142 valence electrons. The lowest BCUT2D eigenvalue weighted by Crippen LogP contribution is -2.12. The molecule has 0 saturated carbocycles. The van der Waals surface area contributed by atoms with Crippen molar-refractivity contribution in [3.05, 3.63) is 83.7 Å². The van der Waals surface area contributed by atoms with Gasteiger partial charge in [-0.05, 0) is 30.9 Å². The Balaban J connectivity index is 1.86. The minimum atomic E-state index is 0.163. The fraction of sp³-hybridized carbons (Fsp3) is 0.250. The van der Waals surface area contributed by atoms with Crippen molar-refractivity contribution >= 4 is 11.5 Å². The van der Waals surface area contributed by atoms with E-state index in [0.717, 1.165) is 34.0 Å². The van der Waals surface area contributed by atoms with Crippen molar-refractivity contribution < 1.29 is 0 Å². The molecule has 1 atom stereocenters. The van der Waals surface area contributed by atoms with E-state index in [-0.39, 0.29) is 6.04 Å². The SMILES string of the molecule is Cc1nn2c(N[C@H](C)c3ccccc3)cc(C(C)C)nc2c1-c1ccccc1. The summed E-state index contributed by atoms with van der Waals surface area (Å²) >= 11 is 0. The van der Waals surface area contributed by atoms with E-state index in [1.807, 2.05) is 16.6 Å². The van der Waals surface area contributed by atoms with Gasteiger partial charge in [0.15, 0.2) is 5.65 Å². The van der Waals surface area contributed by atoms with Gasteiger partial charge < -0.3 is 5.32 Å². The first-order valence-electron chi connectivity index (χ1n) is 9.81. The van der Waals surface area contributed by atoms with E-state index in [9.17, 15) is 0 Å². The molecular weight excluding hydrogens is 344 g/mol. The van der Waals surface area contributed by atoms with Crippen molar-refractivity contribution in [1.82, 2.24) is 14.6 Å². The van der Waals surface area contributed by atoms with Crippen molar-refractivity contribution in [3.8, 4) is 11.1 Å². The summed E-state index contributed by atoms with van der Waals surface area (Å²) < 4.78 is 1.95. The number of rotatable bonds is 5. The number of hydrogen-bond acceptors (Lipinski definition) is 3. The van der Waals surface area contributed by atoms with Crippen molar-refractivity contribution in [1.29, 1.82) is 0 Å². The predicted octanol–water partition coefficient (Wildman–Crippen LogP) is 6.00. The number of nitrogens with zero attached hydrogens (tertiary/aromatic N) is 3. The number of aromatic nitrogens is 3. The van der Waals surface area contributed by atoms with Gasteiger partial charge in [-0.1, -0.05) is 74.5 Å². The van der Waals surface area contributed by atoms with Gasteiger partial charge in [0.2, 0.25) is 0 Å². The summed E-state index contributed by atoms with van der Waals surface area (Å²) in [6, 6.07) is 23.1. The average Bonchev–Trinajstić information content (AvgIpc) is 3.05. The summed E-state index contributed by atoms with van der Waals surface area (Å²) in [6.07, 6.45) is 0. The summed E-state index contributed by atoms with van der Waals surface area (Å²) in [6.45, 7) is 8.57. The molecule has 1 N–H and O–H groups in total. The minimum absolute atomic E-state index is 0.163. The summed E-state index contributed by atoms with van der Waals surface area (Å²) in [4.78, 5) is 4.97. The van der Waals surface area contributed by atoms with Crippen LogP contribution in [-0.2, 0) is 0 Å². The Morgan fingerprint density at radius 3 is 2.18 bits per heavy atom. The summed E-state index contributed by atoms with van der Waals surface area (Å²) in [5, 5.41) is 8.48. The molecule has 0 spiro atoms. The van der Waals surface area contributed by atoms with Gasteiger partial charge in [-0.15, -0.1) is 0 Å². The largest absolute Gasteiger partial charge is 0.363 e. The third-order valence-electron chi connectivity index (χ3n) is 5.10. The standard InChI is InChI=1S/C24H26N4/c1-16(2)21-15-22(25-17(3)19-11-7-5-8-12-19)28-24(26-21)23(18(4)27-28)20-13-9-6-10-14-20/h5-17,25H,1-4H3/t17-/m1/s1. The molecule has 0 aliphatic rings. The van der Waals surface area contributed by atoms with E-state index in [1.54, 1.807) is 0 Å². The number of nitrogens with one attached hydrogen (secondary N) is 1. The van der Waals surface area contributed by atoms with Crippen LogP contribution in [-0.4, -0.2) is 14.6 Å². The topological polar surface area (TPSA) is 42.2 Å². The van der Waals surface area contributed by atoms with Gasteiger partial charge in [0, 0.05) is 23.4 Å². The highest BCUT2D eigenvalue weighted by Crippen LogP contribution is 2.31. The van der Waals surface area contributed by atoms with Crippen LogP contribution in [0.2, 0.25) is 0 Å². The van der Waals surface area contributed by atoms with Crippen molar-refractivity contribution in [2.45, 2.75) is 39.7 Å². The van der Waals surface area contributed by atoms with Gasteiger partial charge >= 0.3 is 0 Å². The lowest BCUT2D eigenvalue weighted by molar-refractivity contribution is 0.793. The average molecular weight is 371 g/mol. The number of anilines is 1. The second kappa shape index (κ2) is 7.47. The third-order valence-corrected chi connectivity index (χ3v) is 5.10. The highest BCUT2D eigenvalue weighted by atomic mass is 15.3. The zero-order valence-electron chi connectivity index (χ0n) is 16.8. The van der Waals surface area contributed by atoms with Crippen LogP contribution in [0.5, 0.6) is 0 Å². The normalized spacial score (nSPS) is 12.5. The molecule has 2 aromatic carbocycles. The molecule has 28 heavy (non-hydrogen) atoms. The number of hydrogen-bond donors (Lipinski definition) is 1. The van der Waals surface area contributed by atoms with Crippen LogP contribution >= 0.6 is 0 Å². The van der Waals surface area contributed by atoms with Crippen LogP contribution in [0.15, 0.2) is 66.7 Å². The molecular formula is C24H26N4. The van der Waals surface area contributed by atoms with Crippen molar-refractivity contribution in [2.24, 2.45) is 0 Å². The molecule has 0 fully saturated rings. The Morgan fingerprint density at radius 1 is 0.893 bits per heavy atom. The van der Waals surface area contributed by atoms with Crippen LogP contribution in [0.4, 0.5) is 5.82 Å². The van der Waals surface area contributed by atoms with E-state index in [4.69, 9.17) is 10.1 Å². The monoisotopic (exact) mass is 370 g/mol. The molecule has 4 aromatic rings. The fourth-order valence-corrected chi connectivity index (χ4v) is 3.53. The molecule has 0 bridgehead atoms. The maximum absolute atomic E-state index is 4.97. The zero-order valence-corrected chi connectivity index (χ0v) is 16.8. The number of aryl methyl sites for hydroxylation is 1. The van der Waals surface area contributed by atoms with Gasteiger partial charge in [0.05, 0.1) is 5.69 Å². The summed E-state index contributed by atoms with van der Waals surface area (Å²) in [7, 11) is 0. The van der Waals surface area contributed by atoms with Gasteiger partial charge in [-0.2, -0.15) is 9.61 Å². The molecule has 2 heterocycles. The molecule has 4 nitrogen and oxygen atoms in total. The van der Waals surface area contributed by atoms with Crippen LogP contribution in [0.3, 0.4) is 0 Å². The first-order valence-corrected chi connectivity index (χ1v) is 9.81. The highest BCUT2D eigenvalue weighted by molar-refractivity contribution is 5.81. The molecule has 0 radical (unpaired) electrons.